The van der Waals surface area contributed by atoms with Gasteiger partial charge in [0.1, 0.15) is 10.1 Å². The number of nitrogens with zero attached hydrogens (tertiary/aromatic N) is 1. The van der Waals surface area contributed by atoms with Crippen molar-refractivity contribution in [2.75, 3.05) is 26.9 Å². The molecule has 0 spiro atoms. The van der Waals surface area contributed by atoms with Crippen LogP contribution in [0.3, 0.4) is 0 Å². The predicted molar refractivity (Wildman–Crippen MR) is 135 cm³/mol. The molecule has 1 fully saturated rings. The monoisotopic (exact) mass is 489 g/mol. The number of aryl methyl sites for hydroxylation is 1. The highest BCUT2D eigenvalue weighted by atomic mass is 35.5. The van der Waals surface area contributed by atoms with E-state index in [9.17, 15) is 4.79 Å². The number of ether oxygens (including phenoxy) is 3. The van der Waals surface area contributed by atoms with Gasteiger partial charge in [0, 0.05) is 18.0 Å². The van der Waals surface area contributed by atoms with Crippen LogP contribution < -0.4 is 14.2 Å². The summed E-state index contributed by atoms with van der Waals surface area (Å²) < 4.78 is 17.6. The van der Waals surface area contributed by atoms with Gasteiger partial charge in [0.25, 0.3) is 5.91 Å². The zero-order chi connectivity index (χ0) is 23.1. The molecule has 0 N–H and O–H groups in total. The van der Waals surface area contributed by atoms with Gasteiger partial charge in [-0.15, -0.1) is 6.58 Å². The molecule has 0 unspecified atom stereocenters. The smallest absolute Gasteiger partial charge is 0.266 e. The Labute approximate surface area is 203 Å². The summed E-state index contributed by atoms with van der Waals surface area (Å²) in [5, 5.41) is 0.722. The Bertz CT molecular complexity index is 1050. The summed E-state index contributed by atoms with van der Waals surface area (Å²) in [5.74, 6) is 1.89. The van der Waals surface area contributed by atoms with E-state index in [1.165, 1.54) is 16.7 Å². The lowest BCUT2D eigenvalue weighted by atomic mass is 10.2. The third-order valence-corrected chi connectivity index (χ3v) is 6.42. The molecule has 2 aromatic carbocycles. The van der Waals surface area contributed by atoms with E-state index in [1.54, 1.807) is 19.3 Å². The summed E-state index contributed by atoms with van der Waals surface area (Å²) in [6.45, 7) is 7.01. The zero-order valence-corrected chi connectivity index (χ0v) is 20.3. The first-order chi connectivity index (χ1) is 15.4. The van der Waals surface area contributed by atoms with Crippen LogP contribution in [0.15, 0.2) is 54.0 Å². The number of carbonyl (C=O) groups excluding carboxylic acids is 1. The van der Waals surface area contributed by atoms with Crippen LogP contribution in [0.2, 0.25) is 5.02 Å². The molecular weight excluding hydrogens is 466 g/mol. The van der Waals surface area contributed by atoms with Gasteiger partial charge in [-0.2, -0.15) is 0 Å². The van der Waals surface area contributed by atoms with Crippen molar-refractivity contribution < 1.29 is 19.0 Å². The summed E-state index contributed by atoms with van der Waals surface area (Å²) >= 11 is 12.6. The molecule has 3 rings (SSSR count). The topological polar surface area (TPSA) is 48.0 Å². The number of hydrogen-bond acceptors (Lipinski definition) is 6. The normalized spacial score (nSPS) is 14.7. The Morgan fingerprint density at radius 3 is 2.66 bits per heavy atom. The second-order valence-electron chi connectivity index (χ2n) is 6.95. The third-order valence-electron chi connectivity index (χ3n) is 4.62. The lowest BCUT2D eigenvalue weighted by Gasteiger charge is -2.12. The van der Waals surface area contributed by atoms with E-state index >= 15 is 0 Å². The Hall–Kier alpha value is -2.48. The molecule has 0 radical (unpaired) electrons. The van der Waals surface area contributed by atoms with Crippen LogP contribution in [0.5, 0.6) is 17.2 Å². The Balaban J connectivity index is 1.56. The highest BCUT2D eigenvalue weighted by molar-refractivity contribution is 8.26. The highest BCUT2D eigenvalue weighted by Gasteiger charge is 2.31. The maximum absolute atomic E-state index is 12.5. The van der Waals surface area contributed by atoms with Gasteiger partial charge in [0.05, 0.1) is 25.2 Å². The minimum atomic E-state index is -0.116. The Kier molecular flexibility index (Phi) is 8.61. The van der Waals surface area contributed by atoms with E-state index in [0.29, 0.717) is 46.9 Å². The van der Waals surface area contributed by atoms with Crippen LogP contribution in [-0.4, -0.2) is 42.0 Å². The summed E-state index contributed by atoms with van der Waals surface area (Å²) in [6, 6.07) is 11.1. The van der Waals surface area contributed by atoms with E-state index < -0.39 is 0 Å². The summed E-state index contributed by atoms with van der Waals surface area (Å²) in [7, 11) is 1.58. The number of benzene rings is 2. The largest absolute Gasteiger partial charge is 0.493 e. The maximum atomic E-state index is 12.5. The number of amides is 1. The SMILES string of the molecule is C=CCN1C(=O)/C(=C\c2ccc(OCCCOc3ccc(Cl)c(C)c3)c(OC)c2)SC1=S. The molecule has 0 aromatic heterocycles. The van der Waals surface area contributed by atoms with Crippen molar-refractivity contribution >= 4 is 51.9 Å². The first-order valence-corrected chi connectivity index (χ1v) is 11.6. The first-order valence-electron chi connectivity index (χ1n) is 9.99. The van der Waals surface area contributed by atoms with Crippen molar-refractivity contribution in [2.45, 2.75) is 13.3 Å². The van der Waals surface area contributed by atoms with Crippen molar-refractivity contribution in [1.82, 2.24) is 4.90 Å². The van der Waals surface area contributed by atoms with Crippen LogP contribution in [0.4, 0.5) is 0 Å². The average molecular weight is 490 g/mol. The summed E-state index contributed by atoms with van der Waals surface area (Å²) in [4.78, 5) is 14.6. The van der Waals surface area contributed by atoms with Crippen molar-refractivity contribution in [3.8, 4) is 17.2 Å². The van der Waals surface area contributed by atoms with Gasteiger partial charge in [0.15, 0.2) is 11.5 Å². The van der Waals surface area contributed by atoms with Crippen LogP contribution in [0.25, 0.3) is 6.08 Å². The summed E-state index contributed by atoms with van der Waals surface area (Å²) in [5.41, 5.74) is 1.81. The lowest BCUT2D eigenvalue weighted by molar-refractivity contribution is -0.121. The standard InChI is InChI=1S/C24H24ClNO4S2/c1-4-10-26-23(27)22(32-24(26)31)15-17-6-9-20(21(14-17)28-3)30-12-5-11-29-18-7-8-19(25)16(2)13-18/h4,6-9,13-15H,1,5,10-12H2,2-3H3/b22-15+. The molecule has 1 saturated heterocycles. The van der Waals surface area contributed by atoms with E-state index in [-0.39, 0.29) is 5.91 Å². The molecule has 0 atom stereocenters. The van der Waals surface area contributed by atoms with Crippen molar-refractivity contribution in [2.24, 2.45) is 0 Å². The number of methoxy groups -OCH3 is 1. The molecule has 2 aromatic rings. The Morgan fingerprint density at radius 1 is 1.16 bits per heavy atom. The molecule has 1 aliphatic rings. The number of halogens is 1. The van der Waals surface area contributed by atoms with Crippen molar-refractivity contribution in [3.63, 3.8) is 0 Å². The van der Waals surface area contributed by atoms with Gasteiger partial charge >= 0.3 is 0 Å². The molecule has 5 nitrogen and oxygen atoms in total. The minimum absolute atomic E-state index is 0.116. The Morgan fingerprint density at radius 2 is 1.94 bits per heavy atom. The fourth-order valence-corrected chi connectivity index (χ4v) is 4.36. The second kappa shape index (κ2) is 11.4. The van der Waals surface area contributed by atoms with Crippen LogP contribution in [0.1, 0.15) is 17.5 Å². The fraction of sp³-hybridized carbons (Fsp3) is 0.250. The molecule has 1 aliphatic heterocycles. The predicted octanol–water partition coefficient (Wildman–Crippen LogP) is 5.89. The fourth-order valence-electron chi connectivity index (χ4n) is 2.97. The van der Waals surface area contributed by atoms with E-state index in [4.69, 9.17) is 38.0 Å². The molecule has 8 heteroatoms. The van der Waals surface area contributed by atoms with Gasteiger partial charge in [0.2, 0.25) is 0 Å². The number of rotatable bonds is 10. The average Bonchev–Trinajstić information content (AvgIpc) is 3.04. The van der Waals surface area contributed by atoms with Crippen LogP contribution in [-0.2, 0) is 4.79 Å². The molecule has 32 heavy (non-hydrogen) atoms. The van der Waals surface area contributed by atoms with Gasteiger partial charge in [-0.3, -0.25) is 9.69 Å². The van der Waals surface area contributed by atoms with Gasteiger partial charge < -0.3 is 14.2 Å². The molecule has 1 amide bonds. The molecule has 168 valence electrons. The van der Waals surface area contributed by atoms with E-state index in [0.717, 1.165) is 21.9 Å². The molecule has 0 aliphatic carbocycles. The number of thiocarbonyl (C=S) groups is 1. The first kappa shape index (κ1) is 24.2. The van der Waals surface area contributed by atoms with Gasteiger partial charge in [-0.05, 0) is 54.5 Å². The number of hydrogen-bond donors (Lipinski definition) is 0. The number of thioether (sulfide) groups is 1. The van der Waals surface area contributed by atoms with Gasteiger partial charge in [-0.25, -0.2) is 0 Å². The lowest BCUT2D eigenvalue weighted by Crippen LogP contribution is -2.27. The van der Waals surface area contributed by atoms with Crippen molar-refractivity contribution in [3.05, 3.63) is 70.1 Å². The second-order valence-corrected chi connectivity index (χ2v) is 9.04. The molecule has 1 heterocycles. The maximum Gasteiger partial charge on any atom is 0.266 e. The molecular formula is C24H24ClNO4S2. The minimum Gasteiger partial charge on any atom is -0.493 e. The molecule has 0 bridgehead atoms. The summed E-state index contributed by atoms with van der Waals surface area (Å²) in [6.07, 6.45) is 4.17. The van der Waals surface area contributed by atoms with Crippen molar-refractivity contribution in [1.29, 1.82) is 0 Å². The van der Waals surface area contributed by atoms with Crippen LogP contribution >= 0.6 is 35.6 Å². The molecule has 0 saturated carbocycles. The van der Waals surface area contributed by atoms with E-state index in [1.807, 2.05) is 43.3 Å². The highest BCUT2D eigenvalue weighted by Crippen LogP contribution is 2.34. The third kappa shape index (κ3) is 6.06. The quantitative estimate of drug-likeness (QED) is 0.179. The van der Waals surface area contributed by atoms with E-state index in [2.05, 4.69) is 6.58 Å². The van der Waals surface area contributed by atoms with Crippen LogP contribution in [0, 0.1) is 6.92 Å². The zero-order valence-electron chi connectivity index (χ0n) is 17.9. The number of carbonyl (C=O) groups is 1. The van der Waals surface area contributed by atoms with Gasteiger partial charge in [-0.1, -0.05) is 47.7 Å².